The van der Waals surface area contributed by atoms with Crippen molar-refractivity contribution in [2.75, 3.05) is 7.11 Å². The van der Waals surface area contributed by atoms with E-state index < -0.39 is 10.9 Å². The molecule has 0 heterocycles. The van der Waals surface area contributed by atoms with Crippen molar-refractivity contribution in [1.82, 2.24) is 0 Å². The Balaban J connectivity index is 1.96. The van der Waals surface area contributed by atoms with Crippen LogP contribution in [0.2, 0.25) is 0 Å². The number of para-hydroxylation sites is 1. The first-order valence-electron chi connectivity index (χ1n) is 6.81. The Bertz CT molecular complexity index is 739. The molecule has 0 atom stereocenters. The monoisotopic (exact) mass is 313 g/mol. The van der Waals surface area contributed by atoms with E-state index in [1.54, 1.807) is 31.4 Å². The fourth-order valence-corrected chi connectivity index (χ4v) is 1.92. The van der Waals surface area contributed by atoms with Crippen LogP contribution in [0.3, 0.4) is 0 Å². The Labute approximate surface area is 133 Å². The molecular formula is C17H15NO5. The number of nitro benzene ring substituents is 1. The van der Waals surface area contributed by atoms with Crippen molar-refractivity contribution in [3.63, 3.8) is 0 Å². The van der Waals surface area contributed by atoms with Gasteiger partial charge in [0.25, 0.3) is 5.69 Å². The van der Waals surface area contributed by atoms with Crippen molar-refractivity contribution in [3.05, 3.63) is 75.8 Å². The van der Waals surface area contributed by atoms with E-state index in [1.165, 1.54) is 18.2 Å². The van der Waals surface area contributed by atoms with Crippen LogP contribution in [0.4, 0.5) is 5.69 Å². The van der Waals surface area contributed by atoms with Crippen LogP contribution < -0.4 is 4.74 Å². The molecule has 0 aliphatic heterocycles. The first-order valence-corrected chi connectivity index (χ1v) is 6.81. The minimum Gasteiger partial charge on any atom is -0.496 e. The molecule has 0 bridgehead atoms. The molecule has 118 valence electrons. The van der Waals surface area contributed by atoms with Gasteiger partial charge in [-0.1, -0.05) is 30.3 Å². The highest BCUT2D eigenvalue weighted by Crippen LogP contribution is 2.19. The van der Waals surface area contributed by atoms with Gasteiger partial charge in [0.15, 0.2) is 0 Å². The highest BCUT2D eigenvalue weighted by atomic mass is 16.6. The second-order valence-corrected chi connectivity index (χ2v) is 4.61. The SMILES string of the molecule is COc1ccccc1C=CC(=O)OCc1cccc([N+](=O)[O-])c1. The second kappa shape index (κ2) is 7.74. The number of methoxy groups -OCH3 is 1. The smallest absolute Gasteiger partial charge is 0.331 e. The van der Waals surface area contributed by atoms with Crippen LogP contribution in [0.25, 0.3) is 6.08 Å². The number of ether oxygens (including phenoxy) is 2. The van der Waals surface area contributed by atoms with Crippen molar-refractivity contribution in [2.45, 2.75) is 6.61 Å². The molecule has 2 rings (SSSR count). The van der Waals surface area contributed by atoms with E-state index in [2.05, 4.69) is 0 Å². The molecular weight excluding hydrogens is 298 g/mol. The van der Waals surface area contributed by atoms with Gasteiger partial charge in [-0.3, -0.25) is 10.1 Å². The van der Waals surface area contributed by atoms with Gasteiger partial charge in [-0.05, 0) is 17.7 Å². The van der Waals surface area contributed by atoms with E-state index in [9.17, 15) is 14.9 Å². The van der Waals surface area contributed by atoms with Gasteiger partial charge in [0.05, 0.1) is 12.0 Å². The van der Waals surface area contributed by atoms with Crippen molar-refractivity contribution in [3.8, 4) is 5.75 Å². The number of carbonyl (C=O) groups is 1. The Morgan fingerprint density at radius 2 is 2.00 bits per heavy atom. The molecule has 2 aromatic rings. The van der Waals surface area contributed by atoms with Gasteiger partial charge < -0.3 is 9.47 Å². The minimum atomic E-state index is -0.539. The van der Waals surface area contributed by atoms with E-state index in [-0.39, 0.29) is 12.3 Å². The van der Waals surface area contributed by atoms with E-state index in [1.807, 2.05) is 18.2 Å². The summed E-state index contributed by atoms with van der Waals surface area (Å²) >= 11 is 0. The Morgan fingerprint density at radius 1 is 1.22 bits per heavy atom. The van der Waals surface area contributed by atoms with Gasteiger partial charge >= 0.3 is 5.97 Å². The van der Waals surface area contributed by atoms with Crippen molar-refractivity contribution in [2.24, 2.45) is 0 Å². The maximum Gasteiger partial charge on any atom is 0.331 e. The molecule has 0 fully saturated rings. The summed E-state index contributed by atoms with van der Waals surface area (Å²) < 4.78 is 10.2. The fraction of sp³-hybridized carbons (Fsp3) is 0.118. The topological polar surface area (TPSA) is 78.7 Å². The summed E-state index contributed by atoms with van der Waals surface area (Å²) in [7, 11) is 1.55. The van der Waals surface area contributed by atoms with Crippen molar-refractivity contribution >= 4 is 17.7 Å². The number of esters is 1. The third-order valence-electron chi connectivity index (χ3n) is 3.04. The van der Waals surface area contributed by atoms with Crippen LogP contribution >= 0.6 is 0 Å². The highest BCUT2D eigenvalue weighted by molar-refractivity contribution is 5.87. The van der Waals surface area contributed by atoms with E-state index in [0.29, 0.717) is 11.3 Å². The van der Waals surface area contributed by atoms with Crippen molar-refractivity contribution in [1.29, 1.82) is 0 Å². The molecule has 0 spiro atoms. The number of non-ortho nitro benzene ring substituents is 1. The largest absolute Gasteiger partial charge is 0.496 e. The molecule has 0 N–H and O–H groups in total. The average molecular weight is 313 g/mol. The zero-order valence-electron chi connectivity index (χ0n) is 12.5. The zero-order chi connectivity index (χ0) is 16.7. The first-order chi connectivity index (χ1) is 11.1. The highest BCUT2D eigenvalue weighted by Gasteiger charge is 2.07. The van der Waals surface area contributed by atoms with E-state index in [4.69, 9.17) is 9.47 Å². The quantitative estimate of drug-likeness (QED) is 0.353. The summed E-state index contributed by atoms with van der Waals surface area (Å²) in [6.07, 6.45) is 2.88. The predicted molar refractivity (Wildman–Crippen MR) is 84.9 cm³/mol. The molecule has 0 aliphatic rings. The molecule has 6 heteroatoms. The van der Waals surface area contributed by atoms with Gasteiger partial charge in [-0.15, -0.1) is 0 Å². The lowest BCUT2D eigenvalue weighted by molar-refractivity contribution is -0.384. The zero-order valence-corrected chi connectivity index (χ0v) is 12.5. The van der Waals surface area contributed by atoms with Gasteiger partial charge in [0, 0.05) is 23.8 Å². The number of hydrogen-bond donors (Lipinski definition) is 0. The maximum absolute atomic E-state index is 11.7. The summed E-state index contributed by atoms with van der Waals surface area (Å²) in [5.74, 6) is 0.109. The van der Waals surface area contributed by atoms with Gasteiger partial charge in [0.1, 0.15) is 12.4 Å². The molecule has 0 radical (unpaired) electrons. The molecule has 0 aliphatic carbocycles. The second-order valence-electron chi connectivity index (χ2n) is 4.61. The Hall–Kier alpha value is -3.15. The molecule has 2 aromatic carbocycles. The first kappa shape index (κ1) is 16.2. The van der Waals surface area contributed by atoms with Gasteiger partial charge in [0.2, 0.25) is 0 Å². The molecule has 0 aromatic heterocycles. The normalized spacial score (nSPS) is 10.5. The predicted octanol–water partition coefficient (Wildman–Crippen LogP) is 3.36. The fourth-order valence-electron chi connectivity index (χ4n) is 1.92. The number of carbonyl (C=O) groups excluding carboxylic acids is 1. The molecule has 0 amide bonds. The van der Waals surface area contributed by atoms with Crippen LogP contribution in [0.15, 0.2) is 54.6 Å². The summed E-state index contributed by atoms with van der Waals surface area (Å²) in [6, 6.07) is 13.2. The Morgan fingerprint density at radius 3 is 2.74 bits per heavy atom. The summed E-state index contributed by atoms with van der Waals surface area (Å²) in [4.78, 5) is 21.9. The lowest BCUT2D eigenvalue weighted by Gasteiger charge is -2.04. The summed E-state index contributed by atoms with van der Waals surface area (Å²) in [5, 5.41) is 10.7. The van der Waals surface area contributed by atoms with E-state index in [0.717, 1.165) is 5.56 Å². The van der Waals surface area contributed by atoms with E-state index >= 15 is 0 Å². The molecule has 0 unspecified atom stereocenters. The number of nitro groups is 1. The van der Waals surface area contributed by atoms with Crippen LogP contribution in [-0.4, -0.2) is 18.0 Å². The number of nitrogens with zero attached hydrogens (tertiary/aromatic N) is 1. The number of rotatable bonds is 6. The molecule has 23 heavy (non-hydrogen) atoms. The molecule has 0 saturated heterocycles. The van der Waals surface area contributed by atoms with Crippen LogP contribution in [0, 0.1) is 10.1 Å². The Kier molecular flexibility index (Phi) is 5.46. The third-order valence-corrected chi connectivity index (χ3v) is 3.04. The maximum atomic E-state index is 11.7. The summed E-state index contributed by atoms with van der Waals surface area (Å²) in [5.41, 5.74) is 1.27. The van der Waals surface area contributed by atoms with Crippen LogP contribution in [0.5, 0.6) is 5.75 Å². The number of benzene rings is 2. The third kappa shape index (κ3) is 4.67. The lowest BCUT2D eigenvalue weighted by Crippen LogP contribution is -2.01. The summed E-state index contributed by atoms with van der Waals surface area (Å²) in [6.45, 7) is -0.0310. The van der Waals surface area contributed by atoms with Crippen molar-refractivity contribution < 1.29 is 19.2 Å². The van der Waals surface area contributed by atoms with Gasteiger partial charge in [-0.25, -0.2) is 4.79 Å². The lowest BCUT2D eigenvalue weighted by atomic mass is 10.2. The van der Waals surface area contributed by atoms with Crippen LogP contribution in [-0.2, 0) is 16.1 Å². The average Bonchev–Trinajstić information content (AvgIpc) is 2.58. The van der Waals surface area contributed by atoms with Gasteiger partial charge in [-0.2, -0.15) is 0 Å². The molecule has 6 nitrogen and oxygen atoms in total. The molecule has 0 saturated carbocycles. The standard InChI is InChI=1S/C17H15NO5/c1-22-16-8-3-2-6-14(16)9-10-17(19)23-12-13-5-4-7-15(11-13)18(20)21/h2-11H,12H2,1H3. The minimum absolute atomic E-state index is 0.0310. The van der Waals surface area contributed by atoms with Crippen LogP contribution in [0.1, 0.15) is 11.1 Å². The number of hydrogen-bond acceptors (Lipinski definition) is 5.